The van der Waals surface area contributed by atoms with Crippen LogP contribution in [0, 0.1) is 11.8 Å². The van der Waals surface area contributed by atoms with Gasteiger partial charge in [0, 0.05) is 5.69 Å². The molecule has 1 amide bonds. The molecule has 1 spiro atoms. The third kappa shape index (κ3) is 1.30. The normalized spacial score (nSPS) is 37.5. The molecule has 0 aromatic heterocycles. The predicted octanol–water partition coefficient (Wildman–Crippen LogP) is 1.06. The Morgan fingerprint density at radius 2 is 2.10 bits per heavy atom. The summed E-state index contributed by atoms with van der Waals surface area (Å²) in [6, 6.07) is 9.29. The summed E-state index contributed by atoms with van der Waals surface area (Å²) in [5.41, 5.74) is 0.0200. The number of hydrogen-bond donors (Lipinski definition) is 1. The Bertz CT molecular complexity index is 626. The fourth-order valence-corrected chi connectivity index (χ4v) is 3.61. The van der Waals surface area contributed by atoms with E-state index in [0.717, 1.165) is 5.69 Å². The van der Waals surface area contributed by atoms with E-state index in [1.807, 2.05) is 36.4 Å². The fraction of sp³-hybridized carbons (Fsp3) is 0.333. The Morgan fingerprint density at radius 3 is 2.80 bits per heavy atom. The number of carboxylic acids is 1. The third-order valence-electron chi connectivity index (χ3n) is 4.45. The number of carboxylic acid groups (broad SMARTS) is 1. The number of para-hydroxylation sites is 1. The van der Waals surface area contributed by atoms with E-state index in [9.17, 15) is 14.7 Å². The first-order valence-electron chi connectivity index (χ1n) is 6.59. The lowest BCUT2D eigenvalue weighted by atomic mass is 9.77. The molecule has 1 aromatic carbocycles. The molecule has 0 unspecified atom stereocenters. The monoisotopic (exact) mass is 271 g/mol. The number of anilines is 1. The van der Waals surface area contributed by atoms with Gasteiger partial charge in [0.2, 0.25) is 5.91 Å². The lowest BCUT2D eigenvalue weighted by Crippen LogP contribution is -2.39. The highest BCUT2D eigenvalue weighted by molar-refractivity contribution is 6.02. The van der Waals surface area contributed by atoms with Crippen molar-refractivity contribution < 1.29 is 19.4 Å². The van der Waals surface area contributed by atoms with E-state index >= 15 is 0 Å². The molecule has 0 radical (unpaired) electrons. The number of aliphatic carboxylic acids is 1. The van der Waals surface area contributed by atoms with E-state index in [2.05, 4.69) is 0 Å². The molecule has 0 saturated carbocycles. The Balaban J connectivity index is 1.76. The number of fused-ring (bicyclic) bond motifs is 1. The van der Waals surface area contributed by atoms with Gasteiger partial charge in [-0.05, 0) is 12.1 Å². The Labute approximate surface area is 115 Å². The molecule has 0 aliphatic carbocycles. The van der Waals surface area contributed by atoms with Crippen LogP contribution >= 0.6 is 0 Å². The van der Waals surface area contributed by atoms with Crippen LogP contribution in [0.1, 0.15) is 0 Å². The van der Waals surface area contributed by atoms with Crippen LogP contribution in [0.25, 0.3) is 0 Å². The van der Waals surface area contributed by atoms with Gasteiger partial charge in [-0.3, -0.25) is 9.59 Å². The van der Waals surface area contributed by atoms with Crippen molar-refractivity contribution in [2.24, 2.45) is 11.8 Å². The number of rotatable bonds is 2. The average molecular weight is 271 g/mol. The van der Waals surface area contributed by atoms with E-state index in [0.29, 0.717) is 6.54 Å². The molecule has 1 aromatic rings. The minimum atomic E-state index is -0.963. The number of hydrogen-bond acceptors (Lipinski definition) is 3. The van der Waals surface area contributed by atoms with Crippen molar-refractivity contribution in [1.29, 1.82) is 0 Å². The molecule has 5 heteroatoms. The highest BCUT2D eigenvalue weighted by atomic mass is 16.5. The Hall–Kier alpha value is -2.14. The quantitative estimate of drug-likeness (QED) is 0.817. The zero-order valence-corrected chi connectivity index (χ0v) is 10.6. The summed E-state index contributed by atoms with van der Waals surface area (Å²) in [6.07, 6.45) is 3.17. The molecule has 3 aliphatic rings. The van der Waals surface area contributed by atoms with Gasteiger partial charge >= 0.3 is 5.97 Å². The maximum absolute atomic E-state index is 12.6. The van der Waals surface area contributed by atoms with Gasteiger partial charge in [-0.25, -0.2) is 0 Å². The first-order chi connectivity index (χ1) is 9.62. The SMILES string of the molecule is O=C(O)[C@H]1[C@H]2C(=O)N(c3ccccc3)C[C@@]23C=C[C@H]1O3. The van der Waals surface area contributed by atoms with Crippen LogP contribution in [0.3, 0.4) is 0 Å². The van der Waals surface area contributed by atoms with E-state index in [1.165, 1.54) is 0 Å². The third-order valence-corrected chi connectivity index (χ3v) is 4.45. The molecule has 5 nitrogen and oxygen atoms in total. The van der Waals surface area contributed by atoms with Crippen molar-refractivity contribution >= 4 is 17.6 Å². The summed E-state index contributed by atoms with van der Waals surface area (Å²) in [5, 5.41) is 9.37. The van der Waals surface area contributed by atoms with Crippen LogP contribution in [-0.4, -0.2) is 35.2 Å². The number of benzene rings is 1. The first-order valence-corrected chi connectivity index (χ1v) is 6.59. The maximum Gasteiger partial charge on any atom is 0.310 e. The second-order valence-corrected chi connectivity index (χ2v) is 5.50. The molecule has 3 heterocycles. The molecule has 2 fully saturated rings. The Kier molecular flexibility index (Phi) is 2.16. The number of carbonyl (C=O) groups excluding carboxylic acids is 1. The molecule has 3 aliphatic heterocycles. The van der Waals surface area contributed by atoms with Gasteiger partial charge in [-0.2, -0.15) is 0 Å². The zero-order chi connectivity index (χ0) is 13.9. The summed E-state index contributed by atoms with van der Waals surface area (Å²) in [6.45, 7) is 0.386. The van der Waals surface area contributed by atoms with Crippen LogP contribution in [0.4, 0.5) is 5.69 Å². The lowest BCUT2D eigenvalue weighted by Gasteiger charge is -2.21. The molecule has 2 bridgehead atoms. The smallest absolute Gasteiger partial charge is 0.310 e. The molecular formula is C15H13NO4. The number of carbonyl (C=O) groups is 2. The molecular weight excluding hydrogens is 258 g/mol. The van der Waals surface area contributed by atoms with E-state index in [1.54, 1.807) is 11.0 Å². The van der Waals surface area contributed by atoms with Gasteiger partial charge in [0.15, 0.2) is 0 Å². The van der Waals surface area contributed by atoms with E-state index in [4.69, 9.17) is 4.74 Å². The standard InChI is InChI=1S/C15H13NO4/c17-13-12-11(14(18)19)10-6-7-15(12,20-10)8-16(13)9-4-2-1-3-5-9/h1-7,10-12H,8H2,(H,18,19)/t10-,11-,12+,15+/m1/s1. The van der Waals surface area contributed by atoms with Crippen molar-refractivity contribution in [2.45, 2.75) is 11.7 Å². The van der Waals surface area contributed by atoms with Crippen LogP contribution < -0.4 is 4.90 Å². The topological polar surface area (TPSA) is 66.8 Å². The Morgan fingerprint density at radius 1 is 1.35 bits per heavy atom. The van der Waals surface area contributed by atoms with Gasteiger partial charge in [-0.1, -0.05) is 30.4 Å². The molecule has 4 rings (SSSR count). The van der Waals surface area contributed by atoms with Crippen molar-refractivity contribution in [3.63, 3.8) is 0 Å². The summed E-state index contributed by atoms with van der Waals surface area (Å²) in [4.78, 5) is 25.7. The summed E-state index contributed by atoms with van der Waals surface area (Å²) < 4.78 is 5.83. The molecule has 4 atom stereocenters. The average Bonchev–Trinajstić information content (AvgIpc) is 3.08. The molecule has 1 N–H and O–H groups in total. The number of nitrogens with zero attached hydrogens (tertiary/aromatic N) is 1. The van der Waals surface area contributed by atoms with Gasteiger partial charge in [0.05, 0.1) is 18.6 Å². The lowest BCUT2D eigenvalue weighted by molar-refractivity contribution is -0.146. The van der Waals surface area contributed by atoms with Crippen LogP contribution in [0.5, 0.6) is 0 Å². The van der Waals surface area contributed by atoms with Gasteiger partial charge in [-0.15, -0.1) is 0 Å². The van der Waals surface area contributed by atoms with Crippen LogP contribution in [-0.2, 0) is 14.3 Å². The minimum Gasteiger partial charge on any atom is -0.481 e. The predicted molar refractivity (Wildman–Crippen MR) is 70.2 cm³/mol. The second kappa shape index (κ2) is 3.70. The molecule has 20 heavy (non-hydrogen) atoms. The van der Waals surface area contributed by atoms with Crippen LogP contribution in [0.15, 0.2) is 42.5 Å². The largest absolute Gasteiger partial charge is 0.481 e. The first kappa shape index (κ1) is 11.7. The minimum absolute atomic E-state index is 0.157. The van der Waals surface area contributed by atoms with Crippen LogP contribution in [0.2, 0.25) is 0 Å². The molecule has 102 valence electrons. The second-order valence-electron chi connectivity index (χ2n) is 5.50. The van der Waals surface area contributed by atoms with Gasteiger partial charge < -0.3 is 14.7 Å². The van der Waals surface area contributed by atoms with E-state index in [-0.39, 0.29) is 5.91 Å². The van der Waals surface area contributed by atoms with Gasteiger partial charge in [0.25, 0.3) is 0 Å². The summed E-state index contributed by atoms with van der Waals surface area (Å²) in [5.74, 6) is -2.51. The van der Waals surface area contributed by atoms with Gasteiger partial charge in [0.1, 0.15) is 11.5 Å². The van der Waals surface area contributed by atoms with Crippen molar-refractivity contribution in [3.8, 4) is 0 Å². The van der Waals surface area contributed by atoms with E-state index < -0.39 is 29.5 Å². The highest BCUT2D eigenvalue weighted by Crippen LogP contribution is 2.52. The van der Waals surface area contributed by atoms with Crippen molar-refractivity contribution in [3.05, 3.63) is 42.5 Å². The molecule has 2 saturated heterocycles. The number of ether oxygens (including phenoxy) is 1. The highest BCUT2D eigenvalue weighted by Gasteiger charge is 2.67. The van der Waals surface area contributed by atoms with Crippen molar-refractivity contribution in [1.82, 2.24) is 0 Å². The maximum atomic E-state index is 12.6. The fourth-order valence-electron chi connectivity index (χ4n) is 3.61. The summed E-state index contributed by atoms with van der Waals surface area (Å²) >= 11 is 0. The summed E-state index contributed by atoms with van der Waals surface area (Å²) in [7, 11) is 0. The number of amides is 1. The van der Waals surface area contributed by atoms with Crippen molar-refractivity contribution in [2.75, 3.05) is 11.4 Å². The zero-order valence-electron chi connectivity index (χ0n) is 10.6.